The first-order valence-electron chi connectivity index (χ1n) is 3.23. The molecule has 0 spiro atoms. The molecule has 1 aliphatic carbocycles. The van der Waals surface area contributed by atoms with Crippen LogP contribution in [0.25, 0.3) is 0 Å². The monoisotopic (exact) mass is 145 g/mol. The van der Waals surface area contributed by atoms with Gasteiger partial charge in [-0.1, -0.05) is 30.4 Å². The summed E-state index contributed by atoms with van der Waals surface area (Å²) in [7, 11) is 0. The summed E-state index contributed by atoms with van der Waals surface area (Å²) in [6.07, 6.45) is 14.2. The Labute approximate surface area is 65.0 Å². The molecular weight excluding hydrogens is 138 g/mol. The summed E-state index contributed by atoms with van der Waals surface area (Å²) in [4.78, 5) is 13.3. The Morgan fingerprint density at radius 1 is 1.09 bits per heavy atom. The Balaban J connectivity index is 2.86. The number of hydrogen-bond acceptors (Lipinski definition) is 2. The van der Waals surface area contributed by atoms with Crippen molar-refractivity contribution in [2.45, 2.75) is 0 Å². The summed E-state index contributed by atoms with van der Waals surface area (Å²) in [5.41, 5.74) is 0.612. The van der Waals surface area contributed by atoms with E-state index in [2.05, 4.69) is 4.99 Å². The highest BCUT2D eigenvalue weighted by atomic mass is 16.1. The van der Waals surface area contributed by atoms with E-state index in [-0.39, 0.29) is 0 Å². The molecule has 0 unspecified atom stereocenters. The highest BCUT2D eigenvalue weighted by molar-refractivity contribution is 5.41. The van der Waals surface area contributed by atoms with Crippen LogP contribution in [-0.4, -0.2) is 6.08 Å². The minimum absolute atomic E-state index is 0.612. The molecule has 0 atom stereocenters. The van der Waals surface area contributed by atoms with Crippen LogP contribution < -0.4 is 0 Å². The van der Waals surface area contributed by atoms with Crippen LogP contribution in [0, 0.1) is 0 Å². The summed E-state index contributed by atoms with van der Waals surface area (Å²) >= 11 is 0. The van der Waals surface area contributed by atoms with Crippen molar-refractivity contribution in [1.29, 1.82) is 0 Å². The zero-order valence-electron chi connectivity index (χ0n) is 5.90. The zero-order chi connectivity index (χ0) is 7.94. The van der Waals surface area contributed by atoms with Crippen LogP contribution >= 0.6 is 0 Å². The zero-order valence-corrected chi connectivity index (χ0v) is 5.90. The van der Waals surface area contributed by atoms with Gasteiger partial charge in [-0.2, -0.15) is 4.99 Å². The van der Waals surface area contributed by atoms with Crippen molar-refractivity contribution in [3.63, 3.8) is 0 Å². The molecule has 11 heavy (non-hydrogen) atoms. The Bertz CT molecular complexity index is 289. The molecule has 0 aromatic rings. The summed E-state index contributed by atoms with van der Waals surface area (Å²) in [6.45, 7) is 0. The molecule has 0 heterocycles. The van der Waals surface area contributed by atoms with Gasteiger partial charge in [0.15, 0.2) is 0 Å². The molecule has 0 saturated heterocycles. The van der Waals surface area contributed by atoms with Gasteiger partial charge in [0.1, 0.15) is 0 Å². The van der Waals surface area contributed by atoms with Crippen molar-refractivity contribution in [2.75, 3.05) is 0 Å². The lowest BCUT2D eigenvalue weighted by Gasteiger charge is -1.87. The maximum Gasteiger partial charge on any atom is 0.240 e. The highest BCUT2D eigenvalue weighted by Gasteiger charge is 1.84. The van der Waals surface area contributed by atoms with Crippen LogP contribution in [0.3, 0.4) is 0 Å². The van der Waals surface area contributed by atoms with Gasteiger partial charge in [-0.15, -0.1) is 0 Å². The highest BCUT2D eigenvalue weighted by Crippen LogP contribution is 2.01. The lowest BCUT2D eigenvalue weighted by molar-refractivity contribution is 0.565. The summed E-state index contributed by atoms with van der Waals surface area (Å²) in [5.74, 6) is 0. The van der Waals surface area contributed by atoms with E-state index in [0.717, 1.165) is 0 Å². The molecule has 0 aromatic carbocycles. The van der Waals surface area contributed by atoms with Crippen molar-refractivity contribution in [1.82, 2.24) is 0 Å². The van der Waals surface area contributed by atoms with Gasteiger partial charge in [-0.25, -0.2) is 4.79 Å². The number of allylic oxidation sites excluding steroid dienone is 7. The van der Waals surface area contributed by atoms with Crippen molar-refractivity contribution >= 4 is 6.08 Å². The number of rotatable bonds is 1. The molecule has 0 aromatic heterocycles. The molecule has 1 aliphatic rings. The van der Waals surface area contributed by atoms with Crippen LogP contribution in [-0.2, 0) is 4.79 Å². The third-order valence-corrected chi connectivity index (χ3v) is 1.15. The van der Waals surface area contributed by atoms with Gasteiger partial charge in [0, 0.05) is 0 Å². The Morgan fingerprint density at radius 2 is 1.82 bits per heavy atom. The summed E-state index contributed by atoms with van der Waals surface area (Å²) in [5, 5.41) is 0. The molecule has 1 rings (SSSR count). The second-order valence-corrected chi connectivity index (χ2v) is 1.92. The first-order chi connectivity index (χ1) is 5.43. The van der Waals surface area contributed by atoms with Gasteiger partial charge >= 0.3 is 0 Å². The normalized spacial score (nSPS) is 20.5. The molecule has 54 valence electrons. The number of isocyanates is 1. The lowest BCUT2D eigenvalue weighted by atomic mass is 10.3. The molecule has 0 radical (unpaired) electrons. The first kappa shape index (κ1) is 7.45. The minimum Gasteiger partial charge on any atom is -0.211 e. The third-order valence-electron chi connectivity index (χ3n) is 1.15. The number of carbonyl (C=O) groups excluding carboxylic acids is 1. The van der Waals surface area contributed by atoms with Crippen molar-refractivity contribution in [2.24, 2.45) is 4.99 Å². The molecule has 0 bridgehead atoms. The van der Waals surface area contributed by atoms with Gasteiger partial charge in [-0.05, 0) is 12.2 Å². The van der Waals surface area contributed by atoms with Gasteiger partial charge < -0.3 is 0 Å². The van der Waals surface area contributed by atoms with E-state index in [1.165, 1.54) is 6.08 Å². The maximum atomic E-state index is 9.86. The second kappa shape index (κ2) is 4.20. The van der Waals surface area contributed by atoms with Gasteiger partial charge in [0.2, 0.25) is 6.08 Å². The average molecular weight is 145 g/mol. The molecule has 2 nitrogen and oxygen atoms in total. The predicted molar refractivity (Wildman–Crippen MR) is 43.6 cm³/mol. The van der Waals surface area contributed by atoms with E-state index in [1.807, 2.05) is 30.4 Å². The van der Waals surface area contributed by atoms with Gasteiger partial charge in [0.05, 0.1) is 5.70 Å². The number of nitrogens with zero attached hydrogens (tertiary/aromatic N) is 1. The molecule has 0 N–H and O–H groups in total. The van der Waals surface area contributed by atoms with Crippen LogP contribution in [0.2, 0.25) is 0 Å². The Kier molecular flexibility index (Phi) is 2.85. The fourth-order valence-corrected chi connectivity index (χ4v) is 0.684. The van der Waals surface area contributed by atoms with Crippen molar-refractivity contribution in [3.05, 3.63) is 48.2 Å². The lowest BCUT2D eigenvalue weighted by Crippen LogP contribution is -1.71. The molecule has 2 heteroatoms. The van der Waals surface area contributed by atoms with E-state index >= 15 is 0 Å². The van der Waals surface area contributed by atoms with Gasteiger partial charge in [-0.3, -0.25) is 0 Å². The van der Waals surface area contributed by atoms with Crippen molar-refractivity contribution in [3.8, 4) is 0 Å². The van der Waals surface area contributed by atoms with E-state index in [0.29, 0.717) is 5.70 Å². The molecule has 0 amide bonds. The molecular formula is C9H7NO. The third kappa shape index (κ3) is 2.61. The molecule has 0 fully saturated rings. The minimum atomic E-state index is 0.612. The SMILES string of the molecule is O=C=NC1=C/C=C\C=C/C=C1. The van der Waals surface area contributed by atoms with Crippen LogP contribution in [0.5, 0.6) is 0 Å². The Morgan fingerprint density at radius 3 is 2.64 bits per heavy atom. The van der Waals surface area contributed by atoms with Crippen LogP contribution in [0.4, 0.5) is 0 Å². The second-order valence-electron chi connectivity index (χ2n) is 1.92. The maximum absolute atomic E-state index is 9.86. The molecule has 0 saturated carbocycles. The quantitative estimate of drug-likeness (QED) is 0.409. The average Bonchev–Trinajstić information content (AvgIpc) is 1.94. The summed E-state index contributed by atoms with van der Waals surface area (Å²) < 4.78 is 0. The smallest absolute Gasteiger partial charge is 0.211 e. The van der Waals surface area contributed by atoms with E-state index in [1.54, 1.807) is 12.2 Å². The molecule has 0 aliphatic heterocycles. The number of aliphatic imine (C=N–C) groups is 1. The number of hydrogen-bond donors (Lipinski definition) is 0. The topological polar surface area (TPSA) is 29.4 Å². The van der Waals surface area contributed by atoms with E-state index < -0.39 is 0 Å². The van der Waals surface area contributed by atoms with E-state index in [4.69, 9.17) is 0 Å². The fraction of sp³-hybridized carbons (Fsp3) is 0. The van der Waals surface area contributed by atoms with Gasteiger partial charge in [0.25, 0.3) is 0 Å². The Hall–Kier alpha value is -1.66. The standard InChI is InChI=1S/C9H7NO/c11-8-10-9-6-4-2-1-3-5-7-9/h1-7H/b2-1-,3-1?,4-2?,5-3-,6-4?,7-5?,9-6?,9-7?. The summed E-state index contributed by atoms with van der Waals surface area (Å²) in [6, 6.07) is 0. The van der Waals surface area contributed by atoms with Crippen molar-refractivity contribution < 1.29 is 4.79 Å². The van der Waals surface area contributed by atoms with E-state index in [9.17, 15) is 4.79 Å². The van der Waals surface area contributed by atoms with Crippen LogP contribution in [0.1, 0.15) is 0 Å². The first-order valence-corrected chi connectivity index (χ1v) is 3.23. The fourth-order valence-electron chi connectivity index (χ4n) is 0.684. The predicted octanol–water partition coefficient (Wildman–Crippen LogP) is 1.89. The van der Waals surface area contributed by atoms with Crippen LogP contribution in [0.15, 0.2) is 53.2 Å². The largest absolute Gasteiger partial charge is 0.240 e.